The fraction of sp³-hybridized carbons (Fsp3) is 0.462. The summed E-state index contributed by atoms with van der Waals surface area (Å²) in [5.74, 6) is -0.728. The number of carbonyl (C=O) groups is 1. The van der Waals surface area contributed by atoms with E-state index in [0.717, 1.165) is 0 Å². The molecule has 1 aliphatic rings. The number of benzene rings is 1. The van der Waals surface area contributed by atoms with Crippen LogP contribution >= 0.6 is 35.6 Å². The molecule has 0 aliphatic carbocycles. The molecule has 1 saturated heterocycles. The first-order valence-electron chi connectivity index (χ1n) is 6.20. The normalized spacial score (nSPS) is 19.9. The lowest BCUT2D eigenvalue weighted by atomic mass is 10.1. The van der Waals surface area contributed by atoms with E-state index in [1.165, 1.54) is 12.1 Å². The van der Waals surface area contributed by atoms with E-state index in [9.17, 15) is 9.18 Å². The average Bonchev–Trinajstić information content (AvgIpc) is 2.42. The van der Waals surface area contributed by atoms with Gasteiger partial charge in [0.05, 0.1) is 24.2 Å². The number of hydrogen-bond acceptors (Lipinski definition) is 3. The van der Waals surface area contributed by atoms with Gasteiger partial charge in [-0.15, -0.1) is 12.4 Å². The predicted octanol–water partition coefficient (Wildman–Crippen LogP) is 2.80. The lowest BCUT2D eigenvalue weighted by Gasteiger charge is -2.34. The van der Waals surface area contributed by atoms with Gasteiger partial charge in [0.15, 0.2) is 0 Å². The molecular weight excluding hydrogens is 342 g/mol. The number of amides is 1. The first-order valence-corrected chi connectivity index (χ1v) is 6.96. The van der Waals surface area contributed by atoms with Gasteiger partial charge in [0.1, 0.15) is 11.9 Å². The van der Waals surface area contributed by atoms with Crippen LogP contribution < -0.4 is 5.73 Å². The van der Waals surface area contributed by atoms with Crippen LogP contribution in [-0.2, 0) is 9.53 Å². The molecular formula is C13H16Cl3FN2O2. The Morgan fingerprint density at radius 3 is 2.76 bits per heavy atom. The van der Waals surface area contributed by atoms with Crippen LogP contribution in [0.5, 0.6) is 0 Å². The number of rotatable bonds is 2. The standard InChI is InChI=1S/C13H15Cl2FN2O2.ClH/c1-7(17)13(19)18-2-3-20-12(6-18)8-4-11(16)10(15)5-9(8)14;/h4-5,7,12H,2-3,6,17H2,1H3;1H/t7-,12?;/m1./s1. The molecule has 1 heterocycles. The molecule has 0 radical (unpaired) electrons. The Kier molecular flexibility index (Phi) is 6.69. The molecule has 2 atom stereocenters. The third-order valence-electron chi connectivity index (χ3n) is 3.15. The maximum absolute atomic E-state index is 13.6. The minimum absolute atomic E-state index is 0. The zero-order chi connectivity index (χ0) is 14.9. The number of ether oxygens (including phenoxy) is 1. The van der Waals surface area contributed by atoms with Crippen molar-refractivity contribution in [3.63, 3.8) is 0 Å². The smallest absolute Gasteiger partial charge is 0.239 e. The van der Waals surface area contributed by atoms with Crippen molar-refractivity contribution in [2.45, 2.75) is 19.1 Å². The van der Waals surface area contributed by atoms with Gasteiger partial charge in [0.25, 0.3) is 0 Å². The summed E-state index contributed by atoms with van der Waals surface area (Å²) in [6.07, 6.45) is -0.481. The van der Waals surface area contributed by atoms with Crippen LogP contribution in [0.3, 0.4) is 0 Å². The summed E-state index contributed by atoms with van der Waals surface area (Å²) in [4.78, 5) is 13.5. The summed E-state index contributed by atoms with van der Waals surface area (Å²) >= 11 is 11.7. The lowest BCUT2D eigenvalue weighted by molar-refractivity contribution is -0.140. The highest BCUT2D eigenvalue weighted by atomic mass is 35.5. The summed E-state index contributed by atoms with van der Waals surface area (Å²) in [5.41, 5.74) is 6.07. The van der Waals surface area contributed by atoms with Crippen molar-refractivity contribution in [3.8, 4) is 0 Å². The van der Waals surface area contributed by atoms with Crippen molar-refractivity contribution in [1.82, 2.24) is 4.90 Å². The molecule has 1 aromatic carbocycles. The Morgan fingerprint density at radius 1 is 1.48 bits per heavy atom. The second kappa shape index (κ2) is 7.61. The second-order valence-electron chi connectivity index (χ2n) is 4.72. The molecule has 1 aliphatic heterocycles. The minimum atomic E-state index is -0.578. The quantitative estimate of drug-likeness (QED) is 0.828. The largest absolute Gasteiger partial charge is 0.370 e. The first kappa shape index (κ1) is 18.5. The van der Waals surface area contributed by atoms with Crippen LogP contribution in [0.1, 0.15) is 18.6 Å². The van der Waals surface area contributed by atoms with Crippen molar-refractivity contribution in [3.05, 3.63) is 33.6 Å². The highest BCUT2D eigenvalue weighted by Crippen LogP contribution is 2.32. The van der Waals surface area contributed by atoms with E-state index >= 15 is 0 Å². The predicted molar refractivity (Wildman–Crippen MR) is 82.6 cm³/mol. The second-order valence-corrected chi connectivity index (χ2v) is 5.53. The fourth-order valence-corrected chi connectivity index (χ4v) is 2.62. The first-order chi connectivity index (χ1) is 9.40. The van der Waals surface area contributed by atoms with Gasteiger partial charge in [0.2, 0.25) is 5.91 Å². The molecule has 2 N–H and O–H groups in total. The van der Waals surface area contributed by atoms with Crippen molar-refractivity contribution in [2.24, 2.45) is 5.73 Å². The lowest BCUT2D eigenvalue weighted by Crippen LogP contribution is -2.48. The van der Waals surface area contributed by atoms with Gasteiger partial charge in [-0.2, -0.15) is 0 Å². The van der Waals surface area contributed by atoms with Crippen LogP contribution in [-0.4, -0.2) is 36.5 Å². The van der Waals surface area contributed by atoms with Crippen LogP contribution in [0.15, 0.2) is 12.1 Å². The Hall–Kier alpha value is -0.590. The van der Waals surface area contributed by atoms with Crippen LogP contribution in [0, 0.1) is 5.82 Å². The summed E-state index contributed by atoms with van der Waals surface area (Å²) in [5, 5.41) is 0.273. The van der Waals surface area contributed by atoms with E-state index in [2.05, 4.69) is 0 Å². The van der Waals surface area contributed by atoms with Gasteiger partial charge in [-0.1, -0.05) is 23.2 Å². The molecule has 0 bridgehead atoms. The van der Waals surface area contributed by atoms with Gasteiger partial charge >= 0.3 is 0 Å². The zero-order valence-electron chi connectivity index (χ0n) is 11.3. The van der Waals surface area contributed by atoms with E-state index in [1.54, 1.807) is 11.8 Å². The number of hydrogen-bond donors (Lipinski definition) is 1. The van der Waals surface area contributed by atoms with E-state index in [4.69, 9.17) is 33.7 Å². The van der Waals surface area contributed by atoms with Gasteiger partial charge in [-0.3, -0.25) is 4.79 Å². The number of nitrogens with two attached hydrogens (primary N) is 1. The Morgan fingerprint density at radius 2 is 2.14 bits per heavy atom. The number of nitrogens with zero attached hydrogens (tertiary/aromatic N) is 1. The Labute approximate surface area is 138 Å². The Balaban J connectivity index is 0.00000220. The summed E-state index contributed by atoms with van der Waals surface area (Å²) < 4.78 is 19.1. The van der Waals surface area contributed by atoms with Crippen molar-refractivity contribution < 1.29 is 13.9 Å². The summed E-state index contributed by atoms with van der Waals surface area (Å²) in [6.45, 7) is 2.73. The fourth-order valence-electron chi connectivity index (χ4n) is 2.11. The SMILES string of the molecule is C[C@@H](N)C(=O)N1CCOC(c2cc(F)c(Cl)cc2Cl)C1.Cl. The maximum Gasteiger partial charge on any atom is 0.239 e. The van der Waals surface area contributed by atoms with Crippen LogP contribution in [0.2, 0.25) is 10.0 Å². The molecule has 21 heavy (non-hydrogen) atoms. The molecule has 0 aromatic heterocycles. The third-order valence-corrected chi connectivity index (χ3v) is 3.77. The van der Waals surface area contributed by atoms with Gasteiger partial charge in [-0.25, -0.2) is 4.39 Å². The maximum atomic E-state index is 13.6. The molecule has 1 fully saturated rings. The Bertz CT molecular complexity index is 528. The zero-order valence-corrected chi connectivity index (χ0v) is 13.6. The third kappa shape index (κ3) is 4.20. The van der Waals surface area contributed by atoms with E-state index in [1.807, 2.05) is 0 Å². The van der Waals surface area contributed by atoms with Crippen molar-refractivity contribution in [2.75, 3.05) is 19.7 Å². The molecule has 118 valence electrons. The molecule has 2 rings (SSSR count). The minimum Gasteiger partial charge on any atom is -0.370 e. The number of carbonyl (C=O) groups excluding carboxylic acids is 1. The van der Waals surface area contributed by atoms with Crippen LogP contribution in [0.25, 0.3) is 0 Å². The van der Waals surface area contributed by atoms with Crippen LogP contribution in [0.4, 0.5) is 4.39 Å². The van der Waals surface area contributed by atoms with E-state index in [0.29, 0.717) is 30.3 Å². The highest BCUT2D eigenvalue weighted by molar-refractivity contribution is 6.35. The molecule has 1 amide bonds. The van der Waals surface area contributed by atoms with Gasteiger partial charge < -0.3 is 15.4 Å². The molecule has 1 unspecified atom stereocenters. The summed E-state index contributed by atoms with van der Waals surface area (Å²) in [7, 11) is 0. The highest BCUT2D eigenvalue weighted by Gasteiger charge is 2.28. The summed E-state index contributed by atoms with van der Waals surface area (Å²) in [6, 6.07) is 2.00. The molecule has 0 spiro atoms. The van der Waals surface area contributed by atoms with E-state index < -0.39 is 18.0 Å². The number of morpholine rings is 1. The van der Waals surface area contributed by atoms with Gasteiger partial charge in [-0.05, 0) is 19.1 Å². The monoisotopic (exact) mass is 356 g/mol. The van der Waals surface area contributed by atoms with E-state index in [-0.39, 0.29) is 23.3 Å². The number of halogens is 4. The topological polar surface area (TPSA) is 55.6 Å². The van der Waals surface area contributed by atoms with Crippen molar-refractivity contribution >= 4 is 41.5 Å². The average molecular weight is 358 g/mol. The van der Waals surface area contributed by atoms with Crippen molar-refractivity contribution in [1.29, 1.82) is 0 Å². The molecule has 8 heteroatoms. The molecule has 4 nitrogen and oxygen atoms in total. The molecule has 0 saturated carbocycles. The molecule has 1 aromatic rings. The van der Waals surface area contributed by atoms with Gasteiger partial charge in [0, 0.05) is 17.1 Å².